The van der Waals surface area contributed by atoms with E-state index in [0.29, 0.717) is 11.5 Å². The van der Waals surface area contributed by atoms with Crippen LogP contribution in [0.4, 0.5) is 0 Å². The topological polar surface area (TPSA) is 44.8 Å². The number of aryl methyl sites for hydroxylation is 2. The third-order valence-electron chi connectivity index (χ3n) is 2.70. The predicted molar refractivity (Wildman–Crippen MR) is 78.2 cm³/mol. The molecule has 0 radical (unpaired) electrons. The van der Waals surface area contributed by atoms with E-state index >= 15 is 0 Å². The Morgan fingerprint density at radius 3 is 1.40 bits per heavy atom. The molecule has 2 aromatic carbocycles. The second-order valence-electron chi connectivity index (χ2n) is 4.44. The lowest BCUT2D eigenvalue weighted by Crippen LogP contribution is -2.02. The lowest BCUT2D eigenvalue weighted by molar-refractivity contribution is 0.250. The van der Waals surface area contributed by atoms with Crippen molar-refractivity contribution < 1.29 is 18.1 Å². The molecule has 0 unspecified atom stereocenters. The Morgan fingerprint density at radius 1 is 0.750 bits per heavy atom. The van der Waals surface area contributed by atoms with E-state index in [1.54, 1.807) is 24.3 Å². The van der Waals surface area contributed by atoms with E-state index in [9.17, 15) is 4.57 Å². The van der Waals surface area contributed by atoms with Gasteiger partial charge in [-0.25, -0.2) is 4.57 Å². The number of rotatable bonds is 5. The molecule has 0 aliphatic carbocycles. The maximum Gasteiger partial charge on any atom is 0.587 e. The van der Waals surface area contributed by atoms with Crippen LogP contribution in [0.5, 0.6) is 11.5 Å². The van der Waals surface area contributed by atoms with E-state index in [1.165, 1.54) is 7.11 Å². The third-order valence-corrected chi connectivity index (χ3v) is 4.02. The maximum absolute atomic E-state index is 12.4. The van der Waals surface area contributed by atoms with Crippen molar-refractivity contribution in [1.29, 1.82) is 0 Å². The molecule has 0 spiro atoms. The normalized spacial score (nSPS) is 11.2. The second kappa shape index (κ2) is 6.12. The first kappa shape index (κ1) is 14.6. The highest BCUT2D eigenvalue weighted by Crippen LogP contribution is 2.48. The van der Waals surface area contributed by atoms with Crippen LogP contribution in [0.2, 0.25) is 0 Å². The zero-order valence-corrected chi connectivity index (χ0v) is 12.6. The van der Waals surface area contributed by atoms with Crippen LogP contribution >= 0.6 is 7.82 Å². The third kappa shape index (κ3) is 3.86. The van der Waals surface area contributed by atoms with Crippen LogP contribution in [0.15, 0.2) is 48.5 Å². The van der Waals surface area contributed by atoms with Gasteiger partial charge in [0.15, 0.2) is 0 Å². The smallest absolute Gasteiger partial charge is 0.395 e. The molecule has 0 atom stereocenters. The molecule has 0 saturated heterocycles. The summed E-state index contributed by atoms with van der Waals surface area (Å²) in [5.41, 5.74) is 2.17. The minimum Gasteiger partial charge on any atom is -0.395 e. The molecule has 4 nitrogen and oxygen atoms in total. The molecule has 0 fully saturated rings. The summed E-state index contributed by atoms with van der Waals surface area (Å²) in [4.78, 5) is 0. The summed E-state index contributed by atoms with van der Waals surface area (Å²) >= 11 is 0. The second-order valence-corrected chi connectivity index (χ2v) is 6.06. The molecule has 0 aliphatic rings. The Morgan fingerprint density at radius 2 is 1.10 bits per heavy atom. The van der Waals surface area contributed by atoms with Gasteiger partial charge in [0.2, 0.25) is 0 Å². The molecule has 2 aromatic rings. The summed E-state index contributed by atoms with van der Waals surface area (Å²) in [7, 11) is -2.38. The molecule has 2 rings (SSSR count). The van der Waals surface area contributed by atoms with Gasteiger partial charge in [-0.15, -0.1) is 0 Å². The fourth-order valence-corrected chi connectivity index (χ4v) is 2.50. The van der Waals surface area contributed by atoms with Crippen molar-refractivity contribution in [3.63, 3.8) is 0 Å². The van der Waals surface area contributed by atoms with Gasteiger partial charge in [-0.3, -0.25) is 4.52 Å². The first-order chi connectivity index (χ1) is 9.50. The van der Waals surface area contributed by atoms with E-state index < -0.39 is 7.82 Å². The van der Waals surface area contributed by atoms with Gasteiger partial charge in [-0.2, -0.15) is 0 Å². The van der Waals surface area contributed by atoms with E-state index in [2.05, 4.69) is 0 Å². The lowest BCUT2D eigenvalue weighted by Gasteiger charge is -2.17. The van der Waals surface area contributed by atoms with E-state index in [-0.39, 0.29) is 0 Å². The van der Waals surface area contributed by atoms with Crippen molar-refractivity contribution in [3.05, 3.63) is 59.7 Å². The zero-order valence-electron chi connectivity index (χ0n) is 11.7. The standard InChI is InChI=1S/C15H17O4P/c1-12-4-8-14(9-5-12)18-20(16,17-3)19-15-10-6-13(2)7-11-15/h4-11H,1-3H3. The molecular formula is C15H17O4P. The number of phosphoric acid groups is 1. The van der Waals surface area contributed by atoms with E-state index in [0.717, 1.165) is 11.1 Å². The van der Waals surface area contributed by atoms with Crippen molar-refractivity contribution in [2.24, 2.45) is 0 Å². The number of phosphoric ester groups is 1. The van der Waals surface area contributed by atoms with Gasteiger partial charge in [0, 0.05) is 7.11 Å². The van der Waals surface area contributed by atoms with Crippen LogP contribution in [0.3, 0.4) is 0 Å². The molecule has 0 bridgehead atoms. The lowest BCUT2D eigenvalue weighted by atomic mass is 10.2. The van der Waals surface area contributed by atoms with E-state index in [4.69, 9.17) is 13.6 Å². The van der Waals surface area contributed by atoms with Crippen molar-refractivity contribution >= 4 is 7.82 Å². The van der Waals surface area contributed by atoms with Crippen molar-refractivity contribution in [2.45, 2.75) is 13.8 Å². The zero-order chi connectivity index (χ0) is 14.6. The molecular weight excluding hydrogens is 275 g/mol. The highest BCUT2D eigenvalue weighted by atomic mass is 31.2. The minimum absolute atomic E-state index is 0.438. The van der Waals surface area contributed by atoms with Crippen LogP contribution in [-0.4, -0.2) is 7.11 Å². The van der Waals surface area contributed by atoms with Crippen LogP contribution < -0.4 is 9.05 Å². The molecule has 106 valence electrons. The molecule has 5 heteroatoms. The van der Waals surface area contributed by atoms with Crippen molar-refractivity contribution in [3.8, 4) is 11.5 Å². The average molecular weight is 292 g/mol. The van der Waals surface area contributed by atoms with Crippen LogP contribution in [0, 0.1) is 13.8 Å². The molecule has 0 heterocycles. The number of hydrogen-bond donors (Lipinski definition) is 0. The Kier molecular flexibility index (Phi) is 4.48. The highest BCUT2D eigenvalue weighted by Gasteiger charge is 2.28. The van der Waals surface area contributed by atoms with Crippen LogP contribution in [0.25, 0.3) is 0 Å². The van der Waals surface area contributed by atoms with Crippen LogP contribution in [-0.2, 0) is 9.09 Å². The maximum atomic E-state index is 12.4. The Hall–Kier alpha value is -1.77. The molecule has 0 saturated carbocycles. The van der Waals surface area contributed by atoms with Gasteiger partial charge in [0.05, 0.1) is 0 Å². The fourth-order valence-electron chi connectivity index (χ4n) is 1.55. The summed E-state index contributed by atoms with van der Waals surface area (Å²) in [6.45, 7) is 3.92. The fraction of sp³-hybridized carbons (Fsp3) is 0.200. The summed E-state index contributed by atoms with van der Waals surface area (Å²) < 4.78 is 28.0. The summed E-state index contributed by atoms with van der Waals surface area (Å²) in [6, 6.07) is 14.3. The first-order valence-electron chi connectivity index (χ1n) is 6.19. The Bertz CT molecular complexity index is 553. The monoisotopic (exact) mass is 292 g/mol. The van der Waals surface area contributed by atoms with Gasteiger partial charge in [-0.1, -0.05) is 35.4 Å². The van der Waals surface area contributed by atoms with Gasteiger partial charge in [0.25, 0.3) is 0 Å². The minimum atomic E-state index is -3.67. The van der Waals surface area contributed by atoms with Crippen LogP contribution in [0.1, 0.15) is 11.1 Å². The number of benzene rings is 2. The Labute approximate surface area is 118 Å². The molecule has 0 N–H and O–H groups in total. The highest BCUT2D eigenvalue weighted by molar-refractivity contribution is 7.49. The van der Waals surface area contributed by atoms with Gasteiger partial charge in [-0.05, 0) is 38.1 Å². The molecule has 0 aromatic heterocycles. The Balaban J connectivity index is 2.14. The first-order valence-corrected chi connectivity index (χ1v) is 7.65. The van der Waals surface area contributed by atoms with Gasteiger partial charge in [0.1, 0.15) is 11.5 Å². The molecule has 0 amide bonds. The van der Waals surface area contributed by atoms with Crippen molar-refractivity contribution in [2.75, 3.05) is 7.11 Å². The largest absolute Gasteiger partial charge is 0.587 e. The molecule has 20 heavy (non-hydrogen) atoms. The predicted octanol–water partition coefficient (Wildman–Crippen LogP) is 4.52. The summed E-state index contributed by atoms with van der Waals surface area (Å²) in [6.07, 6.45) is 0. The molecule has 0 aliphatic heterocycles. The SMILES string of the molecule is COP(=O)(Oc1ccc(C)cc1)Oc1ccc(C)cc1. The quantitative estimate of drug-likeness (QED) is 0.760. The van der Waals surface area contributed by atoms with E-state index in [1.807, 2.05) is 38.1 Å². The number of hydrogen-bond acceptors (Lipinski definition) is 4. The average Bonchev–Trinajstić information content (AvgIpc) is 2.44. The van der Waals surface area contributed by atoms with Gasteiger partial charge < -0.3 is 9.05 Å². The van der Waals surface area contributed by atoms with Crippen molar-refractivity contribution in [1.82, 2.24) is 0 Å². The summed E-state index contributed by atoms with van der Waals surface area (Å²) in [5.74, 6) is 0.876. The summed E-state index contributed by atoms with van der Waals surface area (Å²) in [5, 5.41) is 0. The van der Waals surface area contributed by atoms with Gasteiger partial charge >= 0.3 is 7.82 Å².